The minimum atomic E-state index is -4.64. The van der Waals surface area contributed by atoms with Crippen molar-refractivity contribution in [1.82, 2.24) is 25.2 Å². The van der Waals surface area contributed by atoms with Gasteiger partial charge in [-0.3, -0.25) is 9.69 Å². The summed E-state index contributed by atoms with van der Waals surface area (Å²) in [6, 6.07) is 6.41. The minimum Gasteiger partial charge on any atom is -0.389 e. The Kier molecular flexibility index (Phi) is 7.17. The molecule has 1 unspecified atom stereocenters. The number of aliphatic hydroxyl groups excluding tert-OH is 1. The Labute approximate surface area is 215 Å². The molecular weight excluding hydrogens is 513 g/mol. The summed E-state index contributed by atoms with van der Waals surface area (Å²) in [6.07, 6.45) is -2.73. The van der Waals surface area contributed by atoms with Crippen LogP contribution in [0.3, 0.4) is 0 Å². The van der Waals surface area contributed by atoms with E-state index in [0.717, 1.165) is 12.4 Å². The molecule has 3 aromatic rings. The summed E-state index contributed by atoms with van der Waals surface area (Å²) in [5.41, 5.74) is 1.28. The van der Waals surface area contributed by atoms with E-state index < -0.39 is 23.9 Å². The van der Waals surface area contributed by atoms with Crippen molar-refractivity contribution >= 4 is 34.2 Å². The summed E-state index contributed by atoms with van der Waals surface area (Å²) in [4.78, 5) is 28.8. The number of carbonyl (C=O) groups is 1. The number of nitrogens with one attached hydrogen (secondary N) is 1. The number of fused-ring (bicyclic) bond motifs is 1. The van der Waals surface area contributed by atoms with Gasteiger partial charge in [0, 0.05) is 56.1 Å². The Balaban J connectivity index is 1.38. The van der Waals surface area contributed by atoms with Crippen LogP contribution in [0, 0.1) is 0 Å². The van der Waals surface area contributed by atoms with Gasteiger partial charge in [0.25, 0.3) is 5.91 Å². The number of nitrogens with zero attached hydrogens (tertiary/aromatic N) is 5. The van der Waals surface area contributed by atoms with E-state index in [-0.39, 0.29) is 23.2 Å². The Morgan fingerprint density at radius 1 is 1.16 bits per heavy atom. The third kappa shape index (κ3) is 5.47. The second kappa shape index (κ2) is 10.4. The number of ether oxygens (including phenoxy) is 1. The van der Waals surface area contributed by atoms with Crippen molar-refractivity contribution in [1.29, 1.82) is 0 Å². The van der Waals surface area contributed by atoms with Crippen molar-refractivity contribution < 1.29 is 27.8 Å². The van der Waals surface area contributed by atoms with Gasteiger partial charge < -0.3 is 20.1 Å². The van der Waals surface area contributed by atoms with Crippen LogP contribution in [0.1, 0.15) is 27.8 Å². The molecular formula is C24H24ClF3N6O3. The number of aliphatic hydroxyl groups is 1. The topological polar surface area (TPSA) is 104 Å². The zero-order chi connectivity index (χ0) is 26.2. The maximum atomic E-state index is 13.3. The lowest BCUT2D eigenvalue weighted by molar-refractivity contribution is -0.145. The van der Waals surface area contributed by atoms with Crippen LogP contribution in [-0.4, -0.2) is 82.9 Å². The summed E-state index contributed by atoms with van der Waals surface area (Å²) in [5, 5.41) is 13.3. The molecule has 2 N–H and O–H groups in total. The number of amides is 1. The zero-order valence-electron chi connectivity index (χ0n) is 19.6. The predicted molar refractivity (Wildman–Crippen MR) is 129 cm³/mol. The van der Waals surface area contributed by atoms with E-state index in [1.165, 1.54) is 0 Å². The first-order valence-electron chi connectivity index (χ1n) is 11.7. The Morgan fingerprint density at radius 2 is 1.86 bits per heavy atom. The number of hydrogen-bond acceptors (Lipinski definition) is 8. The van der Waals surface area contributed by atoms with Crippen molar-refractivity contribution in [3.8, 4) is 0 Å². The number of carbonyl (C=O) groups excluding carboxylic acids is 1. The molecule has 9 nitrogen and oxygen atoms in total. The molecule has 0 saturated carbocycles. The van der Waals surface area contributed by atoms with Gasteiger partial charge in [-0.1, -0.05) is 11.6 Å². The molecule has 1 amide bonds. The molecule has 0 radical (unpaired) electrons. The van der Waals surface area contributed by atoms with E-state index in [0.29, 0.717) is 61.7 Å². The monoisotopic (exact) mass is 536 g/mol. The highest BCUT2D eigenvalue weighted by atomic mass is 35.5. The Hall–Kier alpha value is -3.06. The molecule has 196 valence electrons. The van der Waals surface area contributed by atoms with Crippen LogP contribution in [0.15, 0.2) is 36.7 Å². The number of aromatic nitrogens is 3. The number of β-amino-alcohol motifs (C(OH)–C–C–N with tert-alkyl or cyclic N) is 1. The third-order valence-corrected chi connectivity index (χ3v) is 6.79. The summed E-state index contributed by atoms with van der Waals surface area (Å²) in [6.45, 7) is 3.08. The molecule has 1 aromatic carbocycles. The Morgan fingerprint density at radius 3 is 2.51 bits per heavy atom. The molecule has 13 heteroatoms. The van der Waals surface area contributed by atoms with Gasteiger partial charge in [0.2, 0.25) is 5.82 Å². The second-order valence-corrected chi connectivity index (χ2v) is 9.34. The van der Waals surface area contributed by atoms with Crippen molar-refractivity contribution in [2.45, 2.75) is 18.3 Å². The molecule has 2 fully saturated rings. The van der Waals surface area contributed by atoms with E-state index in [9.17, 15) is 23.1 Å². The van der Waals surface area contributed by atoms with Crippen molar-refractivity contribution in [3.05, 3.63) is 58.6 Å². The van der Waals surface area contributed by atoms with Gasteiger partial charge in [0.15, 0.2) is 0 Å². The number of anilines is 1. The van der Waals surface area contributed by atoms with Gasteiger partial charge in [-0.25, -0.2) is 15.0 Å². The number of benzene rings is 1. The average molecular weight is 537 g/mol. The van der Waals surface area contributed by atoms with E-state index in [1.54, 1.807) is 24.3 Å². The molecule has 37 heavy (non-hydrogen) atoms. The van der Waals surface area contributed by atoms with Crippen LogP contribution in [-0.2, 0) is 10.9 Å². The van der Waals surface area contributed by atoms with Crippen molar-refractivity contribution in [2.75, 3.05) is 50.8 Å². The molecule has 0 aliphatic carbocycles. The number of halogens is 4. The molecule has 4 heterocycles. The van der Waals surface area contributed by atoms with Gasteiger partial charge in [-0.05, 0) is 24.3 Å². The third-order valence-electron chi connectivity index (χ3n) is 6.47. The normalized spacial score (nSPS) is 18.0. The fourth-order valence-electron chi connectivity index (χ4n) is 4.50. The zero-order valence-corrected chi connectivity index (χ0v) is 20.3. The lowest BCUT2D eigenvalue weighted by atomic mass is 10.1. The highest BCUT2D eigenvalue weighted by Crippen LogP contribution is 2.30. The number of morpholine rings is 1. The first-order chi connectivity index (χ1) is 17.7. The highest BCUT2D eigenvalue weighted by molar-refractivity contribution is 6.35. The number of hydrogen-bond donors (Lipinski definition) is 2. The lowest BCUT2D eigenvalue weighted by Crippen LogP contribution is -2.51. The van der Waals surface area contributed by atoms with Crippen LogP contribution in [0.25, 0.3) is 10.9 Å². The molecule has 2 aromatic heterocycles. The Bertz CT molecular complexity index is 1280. The van der Waals surface area contributed by atoms with Gasteiger partial charge in [0.1, 0.15) is 5.82 Å². The van der Waals surface area contributed by atoms with Crippen molar-refractivity contribution in [3.63, 3.8) is 0 Å². The molecule has 2 aliphatic heterocycles. The van der Waals surface area contributed by atoms with Gasteiger partial charge >= 0.3 is 6.18 Å². The van der Waals surface area contributed by atoms with Crippen LogP contribution < -0.4 is 10.2 Å². The molecule has 2 aliphatic rings. The van der Waals surface area contributed by atoms with Crippen LogP contribution in [0.2, 0.25) is 5.02 Å². The molecule has 0 spiro atoms. The van der Waals surface area contributed by atoms with Crippen LogP contribution in [0.5, 0.6) is 0 Å². The predicted octanol–water partition coefficient (Wildman–Crippen LogP) is 2.68. The fraction of sp³-hybridized carbons (Fsp3) is 0.417. The SMILES string of the molecule is O=C(NCC(c1cnc(C(F)(F)F)nc1)N1CCOCC1)c1c(Cl)ccc2nc(N3CC(O)C3)ccc12. The molecule has 5 rings (SSSR count). The van der Waals surface area contributed by atoms with Gasteiger partial charge in [-0.2, -0.15) is 13.2 Å². The fourth-order valence-corrected chi connectivity index (χ4v) is 4.75. The summed E-state index contributed by atoms with van der Waals surface area (Å²) >= 11 is 6.41. The maximum Gasteiger partial charge on any atom is 0.451 e. The highest BCUT2D eigenvalue weighted by Gasteiger charge is 2.35. The second-order valence-electron chi connectivity index (χ2n) is 8.93. The summed E-state index contributed by atoms with van der Waals surface area (Å²) in [7, 11) is 0. The molecule has 1 atom stereocenters. The number of rotatable bonds is 6. The standard InChI is InChI=1S/C24H24ClF3N6O3/c25-17-2-3-18-16(1-4-20(32-18)34-12-15(35)13-34)21(17)22(36)29-11-19(33-5-7-37-8-6-33)14-9-30-23(31-10-14)24(26,27)28/h1-4,9-10,15,19,35H,5-8,11-13H2,(H,29,36). The first-order valence-corrected chi connectivity index (χ1v) is 12.1. The largest absolute Gasteiger partial charge is 0.451 e. The van der Waals surface area contributed by atoms with Gasteiger partial charge in [0.05, 0.1) is 41.5 Å². The number of alkyl halides is 3. The van der Waals surface area contributed by atoms with Crippen LogP contribution in [0.4, 0.5) is 19.0 Å². The molecule has 0 bridgehead atoms. The minimum absolute atomic E-state index is 0.0947. The summed E-state index contributed by atoms with van der Waals surface area (Å²) < 4.78 is 44.3. The number of pyridine rings is 1. The lowest BCUT2D eigenvalue weighted by Gasteiger charge is -2.36. The average Bonchev–Trinajstić information content (AvgIpc) is 2.87. The van der Waals surface area contributed by atoms with E-state index in [4.69, 9.17) is 16.3 Å². The van der Waals surface area contributed by atoms with Crippen LogP contribution >= 0.6 is 11.6 Å². The summed E-state index contributed by atoms with van der Waals surface area (Å²) in [5.74, 6) is -0.958. The molecule has 2 saturated heterocycles. The van der Waals surface area contributed by atoms with E-state index in [2.05, 4.69) is 20.3 Å². The van der Waals surface area contributed by atoms with Gasteiger partial charge in [-0.15, -0.1) is 0 Å². The maximum absolute atomic E-state index is 13.3. The van der Waals surface area contributed by atoms with E-state index in [1.807, 2.05) is 9.80 Å². The van der Waals surface area contributed by atoms with Crippen molar-refractivity contribution in [2.24, 2.45) is 0 Å². The quantitative estimate of drug-likeness (QED) is 0.496. The smallest absolute Gasteiger partial charge is 0.389 e. The first kappa shape index (κ1) is 25.6. The van der Waals surface area contributed by atoms with E-state index >= 15 is 0 Å².